The Morgan fingerprint density at radius 3 is 3.00 bits per heavy atom. The number of aromatic nitrogens is 5. The summed E-state index contributed by atoms with van der Waals surface area (Å²) < 4.78 is 12.1. The SMILES string of the molecule is C[C@@H]1CN(c2ccn(-c3cnnc(C#N)c3)n2)C(=O)[C@@H](C(O)C(=O)Nc2ccc3c(N)noc3c2)O1. The molecule has 1 unspecified atom stereocenters. The van der Waals surface area contributed by atoms with Crippen molar-refractivity contribution in [1.29, 1.82) is 5.26 Å². The predicted octanol–water partition coefficient (Wildman–Crippen LogP) is 0.377. The standard InChI is InChI=1S/C22H19N9O5/c1-11-10-30(17-4-5-31(28-17)14-6-13(8-23)27-25-9-14)22(34)19(35-11)18(32)21(33)26-12-2-3-15-16(7-12)36-29-20(15)24/h2-7,9,11,18-19,32H,10H2,1H3,(H2,24,29)(H,26,33)/t11-,18?,19-/m1/s1. The second-order valence-electron chi connectivity index (χ2n) is 8.06. The topological polar surface area (TPSA) is 198 Å². The van der Waals surface area contributed by atoms with Crippen LogP contribution in [0.2, 0.25) is 0 Å². The highest BCUT2D eigenvalue weighted by Crippen LogP contribution is 2.25. The zero-order valence-corrected chi connectivity index (χ0v) is 18.8. The number of morpholine rings is 1. The first-order valence-electron chi connectivity index (χ1n) is 10.7. The lowest BCUT2D eigenvalue weighted by Gasteiger charge is -2.36. The molecule has 0 saturated carbocycles. The Morgan fingerprint density at radius 1 is 1.36 bits per heavy atom. The first kappa shape index (κ1) is 22.9. The third-order valence-electron chi connectivity index (χ3n) is 5.52. The largest absolute Gasteiger partial charge is 0.380 e. The van der Waals surface area contributed by atoms with Gasteiger partial charge in [0.25, 0.3) is 11.8 Å². The van der Waals surface area contributed by atoms with E-state index in [4.69, 9.17) is 20.3 Å². The maximum Gasteiger partial charge on any atom is 0.260 e. The number of nitrogens with two attached hydrogens (primary N) is 1. The zero-order valence-electron chi connectivity index (χ0n) is 18.8. The molecule has 0 bridgehead atoms. The van der Waals surface area contributed by atoms with Gasteiger partial charge in [0.05, 0.1) is 29.9 Å². The third-order valence-corrected chi connectivity index (χ3v) is 5.52. The zero-order chi connectivity index (χ0) is 25.4. The number of nitriles is 1. The summed E-state index contributed by atoms with van der Waals surface area (Å²) in [6.45, 7) is 1.87. The van der Waals surface area contributed by atoms with Gasteiger partial charge in [0.1, 0.15) is 6.07 Å². The number of hydrogen-bond acceptors (Lipinski definition) is 11. The summed E-state index contributed by atoms with van der Waals surface area (Å²) >= 11 is 0. The molecule has 1 aliphatic heterocycles. The number of nitrogens with zero attached hydrogens (tertiary/aromatic N) is 7. The van der Waals surface area contributed by atoms with Crippen molar-refractivity contribution in [3.8, 4) is 11.8 Å². The lowest BCUT2D eigenvalue weighted by atomic mass is 10.1. The van der Waals surface area contributed by atoms with E-state index in [1.807, 2.05) is 6.07 Å². The number of ether oxygens (including phenoxy) is 1. The van der Waals surface area contributed by atoms with Crippen molar-refractivity contribution in [2.45, 2.75) is 25.2 Å². The molecule has 1 aromatic carbocycles. The quantitative estimate of drug-likeness (QED) is 0.350. The molecule has 1 saturated heterocycles. The Balaban J connectivity index is 1.33. The molecule has 3 aromatic heterocycles. The van der Waals surface area contributed by atoms with Crippen LogP contribution < -0.4 is 16.0 Å². The normalized spacial score (nSPS) is 18.7. The number of nitrogen functional groups attached to an aromatic ring is 1. The second kappa shape index (κ2) is 9.06. The van der Waals surface area contributed by atoms with Gasteiger partial charge in [0.2, 0.25) is 0 Å². The summed E-state index contributed by atoms with van der Waals surface area (Å²) in [7, 11) is 0. The van der Waals surface area contributed by atoms with Gasteiger partial charge in [0, 0.05) is 30.1 Å². The highest BCUT2D eigenvalue weighted by molar-refractivity contribution is 6.04. The van der Waals surface area contributed by atoms with E-state index in [-0.39, 0.29) is 23.9 Å². The average Bonchev–Trinajstić information content (AvgIpc) is 3.52. The van der Waals surface area contributed by atoms with Crippen molar-refractivity contribution in [2.75, 3.05) is 22.5 Å². The molecule has 4 heterocycles. The van der Waals surface area contributed by atoms with Gasteiger partial charge in [-0.15, -0.1) is 10.2 Å². The van der Waals surface area contributed by atoms with Gasteiger partial charge in [-0.2, -0.15) is 10.4 Å². The fourth-order valence-corrected chi connectivity index (χ4v) is 3.79. The van der Waals surface area contributed by atoms with E-state index in [9.17, 15) is 14.7 Å². The van der Waals surface area contributed by atoms with Crippen LogP contribution in [0.1, 0.15) is 12.6 Å². The van der Waals surface area contributed by atoms with E-state index in [1.165, 1.54) is 27.9 Å². The summed E-state index contributed by atoms with van der Waals surface area (Å²) in [6, 6.07) is 9.66. The summed E-state index contributed by atoms with van der Waals surface area (Å²) in [6.07, 6.45) is -0.755. The molecular formula is C22H19N9O5. The lowest BCUT2D eigenvalue weighted by Crippen LogP contribution is -2.58. The van der Waals surface area contributed by atoms with E-state index in [1.54, 1.807) is 31.3 Å². The van der Waals surface area contributed by atoms with Crippen LogP contribution in [0.25, 0.3) is 16.7 Å². The van der Waals surface area contributed by atoms with Gasteiger partial charge in [-0.3, -0.25) is 14.5 Å². The Morgan fingerprint density at radius 2 is 2.19 bits per heavy atom. The molecule has 0 radical (unpaired) electrons. The van der Waals surface area contributed by atoms with E-state index < -0.39 is 30.1 Å². The molecule has 0 aliphatic carbocycles. The monoisotopic (exact) mass is 489 g/mol. The molecule has 3 atom stereocenters. The molecule has 1 aliphatic rings. The van der Waals surface area contributed by atoms with Crippen LogP contribution in [0, 0.1) is 11.3 Å². The van der Waals surface area contributed by atoms with Gasteiger partial charge < -0.3 is 25.4 Å². The average molecular weight is 489 g/mol. The van der Waals surface area contributed by atoms with Crippen LogP contribution in [0.15, 0.2) is 47.2 Å². The van der Waals surface area contributed by atoms with Crippen molar-refractivity contribution >= 4 is 40.1 Å². The summed E-state index contributed by atoms with van der Waals surface area (Å²) in [5.41, 5.74) is 6.95. The lowest BCUT2D eigenvalue weighted by molar-refractivity contribution is -0.156. The first-order valence-corrected chi connectivity index (χ1v) is 10.7. The number of fused-ring (bicyclic) bond motifs is 1. The molecule has 14 nitrogen and oxygen atoms in total. The van der Waals surface area contributed by atoms with Gasteiger partial charge in [-0.1, -0.05) is 5.16 Å². The minimum atomic E-state index is -1.80. The van der Waals surface area contributed by atoms with Crippen molar-refractivity contribution in [3.05, 3.63) is 48.4 Å². The third kappa shape index (κ3) is 4.19. The van der Waals surface area contributed by atoms with Crippen LogP contribution in [0.4, 0.5) is 17.3 Å². The molecular weight excluding hydrogens is 470 g/mol. The minimum absolute atomic E-state index is 0.112. The van der Waals surface area contributed by atoms with E-state index in [0.717, 1.165) is 0 Å². The van der Waals surface area contributed by atoms with Gasteiger partial charge in [-0.05, 0) is 19.1 Å². The molecule has 2 amide bonds. The number of anilines is 3. The summed E-state index contributed by atoms with van der Waals surface area (Å²) in [5, 5.41) is 38.3. The molecule has 4 N–H and O–H groups in total. The molecule has 14 heteroatoms. The minimum Gasteiger partial charge on any atom is -0.380 e. The molecule has 1 fully saturated rings. The smallest absolute Gasteiger partial charge is 0.260 e. The first-order chi connectivity index (χ1) is 17.3. The molecule has 36 heavy (non-hydrogen) atoms. The Hall–Kier alpha value is -4.87. The summed E-state index contributed by atoms with van der Waals surface area (Å²) in [4.78, 5) is 27.3. The van der Waals surface area contributed by atoms with Crippen LogP contribution >= 0.6 is 0 Å². The van der Waals surface area contributed by atoms with Crippen molar-refractivity contribution in [2.24, 2.45) is 0 Å². The number of aliphatic hydroxyl groups excluding tert-OH is 1. The number of carbonyl (C=O) groups excluding carboxylic acids is 2. The Kier molecular flexibility index (Phi) is 5.76. The predicted molar refractivity (Wildman–Crippen MR) is 124 cm³/mol. The van der Waals surface area contributed by atoms with Gasteiger partial charge >= 0.3 is 0 Å². The van der Waals surface area contributed by atoms with Crippen LogP contribution in [-0.4, -0.2) is 66.9 Å². The second-order valence-corrected chi connectivity index (χ2v) is 8.06. The molecule has 182 valence electrons. The van der Waals surface area contributed by atoms with Crippen LogP contribution in [-0.2, 0) is 14.3 Å². The molecule has 5 rings (SSSR count). The maximum atomic E-state index is 13.2. The number of benzene rings is 1. The van der Waals surface area contributed by atoms with Crippen molar-refractivity contribution in [3.63, 3.8) is 0 Å². The summed E-state index contributed by atoms with van der Waals surface area (Å²) in [5.74, 6) is -0.987. The van der Waals surface area contributed by atoms with E-state index in [0.29, 0.717) is 22.3 Å². The van der Waals surface area contributed by atoms with Gasteiger partial charge in [0.15, 0.2) is 35.1 Å². The van der Waals surface area contributed by atoms with E-state index >= 15 is 0 Å². The number of nitrogens with one attached hydrogen (secondary N) is 1. The fraction of sp³-hybridized carbons (Fsp3) is 0.227. The fourth-order valence-electron chi connectivity index (χ4n) is 3.79. The van der Waals surface area contributed by atoms with Crippen LogP contribution in [0.3, 0.4) is 0 Å². The van der Waals surface area contributed by atoms with Crippen LogP contribution in [0.5, 0.6) is 0 Å². The van der Waals surface area contributed by atoms with Crippen molar-refractivity contribution in [1.82, 2.24) is 25.1 Å². The molecule has 0 spiro atoms. The maximum absolute atomic E-state index is 13.2. The number of carbonyl (C=O) groups is 2. The van der Waals surface area contributed by atoms with E-state index in [2.05, 4.69) is 25.8 Å². The van der Waals surface area contributed by atoms with Gasteiger partial charge in [-0.25, -0.2) is 4.68 Å². The highest BCUT2D eigenvalue weighted by atomic mass is 16.5. The van der Waals surface area contributed by atoms with Crippen molar-refractivity contribution < 1.29 is 24.0 Å². The highest BCUT2D eigenvalue weighted by Gasteiger charge is 2.42. The number of rotatable bonds is 5. The number of amides is 2. The molecule has 4 aromatic rings. The Labute approximate surface area is 202 Å². The number of aliphatic hydroxyl groups is 1. The Bertz CT molecular complexity index is 1510. The number of hydrogen-bond donors (Lipinski definition) is 3.